The van der Waals surface area contributed by atoms with Crippen LogP contribution in [0.4, 0.5) is 18.0 Å². The second-order valence-corrected chi connectivity index (χ2v) is 6.27. The zero-order valence-corrected chi connectivity index (χ0v) is 14.7. The Morgan fingerprint density at radius 3 is 2.54 bits per heavy atom. The first kappa shape index (κ1) is 19.6. The number of aromatic nitrogens is 1. The number of benzene rings is 1. The third-order valence-corrected chi connectivity index (χ3v) is 4.34. The highest BCUT2D eigenvalue weighted by atomic mass is 35.5. The van der Waals surface area contributed by atoms with Crippen molar-refractivity contribution < 1.29 is 27.6 Å². The third kappa shape index (κ3) is 3.38. The lowest BCUT2D eigenvalue weighted by molar-refractivity contribution is -0.200. The van der Waals surface area contributed by atoms with Crippen LogP contribution >= 0.6 is 11.6 Å². The Morgan fingerprint density at radius 1 is 1.21 bits per heavy atom. The summed E-state index contributed by atoms with van der Waals surface area (Å²) in [7, 11) is 0. The maximum atomic E-state index is 13.8. The second kappa shape index (κ2) is 7.12. The first-order chi connectivity index (χ1) is 13.2. The summed E-state index contributed by atoms with van der Waals surface area (Å²) in [5.41, 5.74) is -3.55. The Morgan fingerprint density at radius 2 is 1.93 bits per heavy atom. The number of carbonyl (C=O) groups is 3. The van der Waals surface area contributed by atoms with Gasteiger partial charge in [-0.15, -0.1) is 0 Å². The van der Waals surface area contributed by atoms with Crippen molar-refractivity contribution in [2.24, 2.45) is 0 Å². The molecule has 0 aliphatic carbocycles. The molecule has 1 aliphatic heterocycles. The molecule has 2 heterocycles. The molecule has 1 saturated heterocycles. The molecule has 0 radical (unpaired) electrons. The number of nitrogens with one attached hydrogen (secondary N) is 2. The van der Waals surface area contributed by atoms with E-state index in [1.807, 2.05) is 0 Å². The van der Waals surface area contributed by atoms with Crippen molar-refractivity contribution in [2.45, 2.75) is 18.4 Å². The van der Waals surface area contributed by atoms with Gasteiger partial charge >= 0.3 is 12.2 Å². The van der Waals surface area contributed by atoms with E-state index in [0.717, 1.165) is 0 Å². The van der Waals surface area contributed by atoms with Gasteiger partial charge in [-0.2, -0.15) is 13.2 Å². The lowest BCUT2D eigenvalue weighted by atomic mass is 10.1. The predicted molar refractivity (Wildman–Crippen MR) is 91.0 cm³/mol. The highest BCUT2D eigenvalue weighted by molar-refractivity contribution is 6.34. The maximum Gasteiger partial charge on any atom is 0.440 e. The Balaban J connectivity index is 1.94. The number of amides is 4. The van der Waals surface area contributed by atoms with Gasteiger partial charge in [0.1, 0.15) is 0 Å². The van der Waals surface area contributed by atoms with E-state index in [4.69, 9.17) is 11.6 Å². The van der Waals surface area contributed by atoms with Gasteiger partial charge in [-0.3, -0.25) is 24.8 Å². The third-order valence-electron chi connectivity index (χ3n) is 4.01. The van der Waals surface area contributed by atoms with Gasteiger partial charge in [0.15, 0.2) is 0 Å². The number of urea groups is 1. The molecule has 4 amide bonds. The monoisotopic (exact) mass is 412 g/mol. The fourth-order valence-electron chi connectivity index (χ4n) is 2.62. The molecule has 11 heteroatoms. The van der Waals surface area contributed by atoms with Gasteiger partial charge < -0.3 is 5.32 Å². The fourth-order valence-corrected chi connectivity index (χ4v) is 2.85. The van der Waals surface area contributed by atoms with Crippen molar-refractivity contribution in [3.63, 3.8) is 0 Å². The number of hydrogen-bond donors (Lipinski definition) is 2. The van der Waals surface area contributed by atoms with Gasteiger partial charge in [0, 0.05) is 12.4 Å². The van der Waals surface area contributed by atoms with Crippen LogP contribution in [0.5, 0.6) is 0 Å². The van der Waals surface area contributed by atoms with Crippen molar-refractivity contribution in [2.75, 3.05) is 0 Å². The van der Waals surface area contributed by atoms with Gasteiger partial charge in [0.05, 0.1) is 17.1 Å². The summed E-state index contributed by atoms with van der Waals surface area (Å²) < 4.78 is 41.4. The Bertz CT molecular complexity index is 939. The molecule has 28 heavy (non-hydrogen) atoms. The standard InChI is InChI=1S/C17H12ClF3N4O3/c18-12-6-2-1-5-11(12)13(26)23-16(17(19,20)21)14(27)25(15(28)24-16)9-10-4-3-7-22-8-10/h1-8H,9H2,(H,23,26)(H,24,28)/t16-/m0/s1. The van der Waals surface area contributed by atoms with Crippen LogP contribution in [0.25, 0.3) is 0 Å². The van der Waals surface area contributed by atoms with Gasteiger partial charge in [-0.25, -0.2) is 4.79 Å². The van der Waals surface area contributed by atoms with Crippen LogP contribution < -0.4 is 10.6 Å². The summed E-state index contributed by atoms with van der Waals surface area (Å²) in [6.07, 6.45) is -2.57. The van der Waals surface area contributed by atoms with Gasteiger partial charge in [0.25, 0.3) is 17.5 Å². The number of carbonyl (C=O) groups excluding carboxylic acids is 3. The molecule has 7 nitrogen and oxygen atoms in total. The van der Waals surface area contributed by atoms with E-state index in [-0.39, 0.29) is 10.6 Å². The van der Waals surface area contributed by atoms with E-state index in [9.17, 15) is 27.6 Å². The molecule has 1 aliphatic rings. The Kier molecular flexibility index (Phi) is 4.99. The molecular weight excluding hydrogens is 401 g/mol. The summed E-state index contributed by atoms with van der Waals surface area (Å²) in [6.45, 7) is -0.446. The molecule has 0 saturated carbocycles. The van der Waals surface area contributed by atoms with Gasteiger partial charge in [0.2, 0.25) is 0 Å². The maximum absolute atomic E-state index is 13.8. The van der Waals surface area contributed by atoms with Crippen LogP contribution in [0.2, 0.25) is 5.02 Å². The predicted octanol–water partition coefficient (Wildman–Crippen LogP) is 2.48. The molecule has 2 aromatic rings. The van der Waals surface area contributed by atoms with Crippen LogP contribution in [0, 0.1) is 0 Å². The van der Waals surface area contributed by atoms with Crippen molar-refractivity contribution >= 4 is 29.4 Å². The number of nitrogens with zero attached hydrogens (tertiary/aromatic N) is 2. The minimum absolute atomic E-state index is 0.110. The average molecular weight is 413 g/mol. The zero-order valence-electron chi connectivity index (χ0n) is 14.0. The van der Waals surface area contributed by atoms with Crippen LogP contribution in [0.1, 0.15) is 15.9 Å². The fraction of sp³-hybridized carbons (Fsp3) is 0.176. The minimum atomic E-state index is -5.31. The molecular formula is C17H12ClF3N4O3. The molecule has 1 aromatic heterocycles. The summed E-state index contributed by atoms with van der Waals surface area (Å²) in [5.74, 6) is -2.92. The number of alkyl halides is 3. The van der Waals surface area contributed by atoms with Crippen LogP contribution in [0.15, 0.2) is 48.8 Å². The molecule has 2 N–H and O–H groups in total. The van der Waals surface area contributed by atoms with E-state index in [1.165, 1.54) is 48.8 Å². The Labute approximate surface area is 161 Å². The lowest BCUT2D eigenvalue weighted by Gasteiger charge is -2.30. The molecule has 1 atom stereocenters. The average Bonchev–Trinajstić information content (AvgIpc) is 2.88. The number of hydrogen-bond acceptors (Lipinski definition) is 4. The van der Waals surface area contributed by atoms with Crippen molar-refractivity contribution in [3.05, 3.63) is 64.9 Å². The minimum Gasteiger partial charge on any atom is -0.314 e. The molecule has 0 unspecified atom stereocenters. The van der Waals surface area contributed by atoms with Crippen molar-refractivity contribution in [1.29, 1.82) is 0 Å². The van der Waals surface area contributed by atoms with Crippen LogP contribution in [0.3, 0.4) is 0 Å². The Hall–Kier alpha value is -3.14. The van der Waals surface area contributed by atoms with Crippen molar-refractivity contribution in [3.8, 4) is 0 Å². The van der Waals surface area contributed by atoms with Gasteiger partial charge in [-0.05, 0) is 23.8 Å². The quantitative estimate of drug-likeness (QED) is 0.755. The molecule has 1 fully saturated rings. The van der Waals surface area contributed by atoms with E-state index in [0.29, 0.717) is 10.5 Å². The van der Waals surface area contributed by atoms with E-state index < -0.39 is 36.2 Å². The molecule has 1 aromatic carbocycles. The summed E-state index contributed by atoms with van der Waals surface area (Å²) in [4.78, 5) is 41.2. The van der Waals surface area contributed by atoms with Gasteiger partial charge in [-0.1, -0.05) is 29.8 Å². The number of imide groups is 1. The largest absolute Gasteiger partial charge is 0.440 e. The van der Waals surface area contributed by atoms with Crippen LogP contribution in [-0.4, -0.2) is 39.6 Å². The molecule has 0 spiro atoms. The van der Waals surface area contributed by atoms with Crippen molar-refractivity contribution in [1.82, 2.24) is 20.5 Å². The van der Waals surface area contributed by atoms with E-state index in [1.54, 1.807) is 10.6 Å². The van der Waals surface area contributed by atoms with Crippen LogP contribution in [-0.2, 0) is 11.3 Å². The number of halogens is 4. The molecule has 146 valence electrons. The normalized spacial score (nSPS) is 19.5. The summed E-state index contributed by atoms with van der Waals surface area (Å²) in [6, 6.07) is 7.07. The molecule has 0 bridgehead atoms. The first-order valence-electron chi connectivity index (χ1n) is 7.82. The zero-order chi connectivity index (χ0) is 20.5. The second-order valence-electron chi connectivity index (χ2n) is 5.86. The number of rotatable bonds is 4. The SMILES string of the molecule is O=C(N[C@]1(C(F)(F)F)NC(=O)N(Cc2cccnc2)C1=O)c1ccccc1Cl. The van der Waals surface area contributed by atoms with E-state index >= 15 is 0 Å². The highest BCUT2D eigenvalue weighted by Gasteiger charge is 2.68. The lowest BCUT2D eigenvalue weighted by Crippen LogP contribution is -2.69. The summed E-state index contributed by atoms with van der Waals surface area (Å²) >= 11 is 5.83. The smallest absolute Gasteiger partial charge is 0.314 e. The first-order valence-corrected chi connectivity index (χ1v) is 8.20. The number of pyridine rings is 1. The molecule has 3 rings (SSSR count). The van der Waals surface area contributed by atoms with E-state index in [2.05, 4.69) is 4.98 Å². The topological polar surface area (TPSA) is 91.4 Å². The highest BCUT2D eigenvalue weighted by Crippen LogP contribution is 2.35. The summed E-state index contributed by atoms with van der Waals surface area (Å²) in [5, 5.41) is 3.05.